The maximum Gasteiger partial charge on any atom is 0.270 e. The summed E-state index contributed by atoms with van der Waals surface area (Å²) in [5.41, 5.74) is 4.02. The predicted molar refractivity (Wildman–Crippen MR) is 109 cm³/mol. The number of hydrogen-bond acceptors (Lipinski definition) is 4. The molecule has 0 spiro atoms. The quantitative estimate of drug-likeness (QED) is 0.553. The number of anilines is 1. The molecule has 128 valence electrons. The molecule has 0 bridgehead atoms. The van der Waals surface area contributed by atoms with E-state index < -0.39 is 0 Å². The van der Waals surface area contributed by atoms with Crippen molar-refractivity contribution in [3.63, 3.8) is 0 Å². The number of carbonyl (C=O) groups excluding carboxylic acids is 1. The number of nitrogens with zero attached hydrogens (tertiary/aromatic N) is 1. The van der Waals surface area contributed by atoms with Crippen LogP contribution in [0.3, 0.4) is 0 Å². The van der Waals surface area contributed by atoms with Crippen LogP contribution in [0.5, 0.6) is 5.75 Å². The van der Waals surface area contributed by atoms with E-state index in [1.165, 1.54) is 17.3 Å². The van der Waals surface area contributed by atoms with Crippen LogP contribution in [0.4, 0.5) is 5.69 Å². The van der Waals surface area contributed by atoms with Crippen LogP contribution in [-0.2, 0) is 4.79 Å². The van der Waals surface area contributed by atoms with Crippen molar-refractivity contribution >= 4 is 46.0 Å². The summed E-state index contributed by atoms with van der Waals surface area (Å²) in [6.45, 7) is 6.60. The average molecular weight is 370 g/mol. The molecule has 0 saturated carbocycles. The van der Waals surface area contributed by atoms with Gasteiger partial charge in [-0.15, -0.1) is 0 Å². The summed E-state index contributed by atoms with van der Waals surface area (Å²) in [5.74, 6) is 0.672. The number of amides is 1. The van der Waals surface area contributed by atoms with E-state index in [-0.39, 0.29) is 5.91 Å². The second-order valence-corrected chi connectivity index (χ2v) is 7.43. The van der Waals surface area contributed by atoms with Gasteiger partial charge in [-0.25, -0.2) is 0 Å². The smallest absolute Gasteiger partial charge is 0.270 e. The van der Waals surface area contributed by atoms with Crippen LogP contribution in [0.15, 0.2) is 47.4 Å². The lowest BCUT2D eigenvalue weighted by molar-refractivity contribution is -0.113. The highest BCUT2D eigenvalue weighted by molar-refractivity contribution is 8.27. The molecule has 1 fully saturated rings. The number of thioether (sulfide) groups is 1. The SMILES string of the molecule is CCOc1ccccc1/C=C1/SC(=S)N(c2ccc(C)c(C)c2)C1=O. The molecular weight excluding hydrogens is 350 g/mol. The molecule has 1 amide bonds. The molecule has 0 aliphatic carbocycles. The van der Waals surface area contributed by atoms with Crippen molar-refractivity contribution in [2.24, 2.45) is 0 Å². The molecule has 0 N–H and O–H groups in total. The molecular formula is C20H19NO2S2. The van der Waals surface area contributed by atoms with Gasteiger partial charge in [0.15, 0.2) is 4.32 Å². The standard InChI is InChI=1S/C20H19NO2S2/c1-4-23-17-8-6-5-7-15(17)12-18-19(22)21(20(24)25-18)16-10-9-13(2)14(3)11-16/h5-12H,4H2,1-3H3/b18-12+. The molecule has 2 aromatic rings. The van der Waals surface area contributed by atoms with Gasteiger partial charge in [0.2, 0.25) is 0 Å². The second kappa shape index (κ2) is 7.42. The number of para-hydroxylation sites is 1. The van der Waals surface area contributed by atoms with Crippen LogP contribution in [0.25, 0.3) is 6.08 Å². The zero-order valence-corrected chi connectivity index (χ0v) is 16.0. The number of benzene rings is 2. The van der Waals surface area contributed by atoms with Crippen molar-refractivity contribution < 1.29 is 9.53 Å². The number of aryl methyl sites for hydroxylation is 2. The molecule has 1 aliphatic rings. The van der Waals surface area contributed by atoms with Gasteiger partial charge in [-0.3, -0.25) is 9.69 Å². The third-order valence-corrected chi connectivity index (χ3v) is 5.35. The minimum Gasteiger partial charge on any atom is -0.493 e. The maximum absolute atomic E-state index is 12.9. The fraction of sp³-hybridized carbons (Fsp3) is 0.200. The van der Waals surface area contributed by atoms with Crippen LogP contribution in [0.2, 0.25) is 0 Å². The average Bonchev–Trinajstić information content (AvgIpc) is 2.86. The first-order valence-corrected chi connectivity index (χ1v) is 9.30. The van der Waals surface area contributed by atoms with E-state index in [1.807, 2.05) is 69.3 Å². The summed E-state index contributed by atoms with van der Waals surface area (Å²) in [6.07, 6.45) is 1.85. The van der Waals surface area contributed by atoms with E-state index in [2.05, 4.69) is 0 Å². The molecule has 1 heterocycles. The first-order valence-electron chi connectivity index (χ1n) is 8.08. The third kappa shape index (κ3) is 3.62. The zero-order chi connectivity index (χ0) is 18.0. The topological polar surface area (TPSA) is 29.5 Å². The summed E-state index contributed by atoms with van der Waals surface area (Å²) < 4.78 is 6.19. The molecule has 0 atom stereocenters. The largest absolute Gasteiger partial charge is 0.493 e. The molecule has 5 heteroatoms. The normalized spacial score (nSPS) is 16.0. The Morgan fingerprint density at radius 2 is 1.92 bits per heavy atom. The minimum atomic E-state index is -0.0930. The van der Waals surface area contributed by atoms with E-state index in [1.54, 1.807) is 4.90 Å². The monoisotopic (exact) mass is 369 g/mol. The van der Waals surface area contributed by atoms with Gasteiger partial charge in [0.25, 0.3) is 5.91 Å². The van der Waals surface area contributed by atoms with E-state index in [4.69, 9.17) is 17.0 Å². The lowest BCUT2D eigenvalue weighted by Gasteiger charge is -2.16. The molecule has 3 rings (SSSR count). The highest BCUT2D eigenvalue weighted by atomic mass is 32.2. The second-order valence-electron chi connectivity index (χ2n) is 5.76. The summed E-state index contributed by atoms with van der Waals surface area (Å²) in [6, 6.07) is 13.6. The summed E-state index contributed by atoms with van der Waals surface area (Å²) >= 11 is 6.77. The highest BCUT2D eigenvalue weighted by Crippen LogP contribution is 2.37. The van der Waals surface area contributed by atoms with Crippen LogP contribution >= 0.6 is 24.0 Å². The number of hydrogen-bond donors (Lipinski definition) is 0. The number of ether oxygens (including phenoxy) is 1. The van der Waals surface area contributed by atoms with Gasteiger partial charge in [0.05, 0.1) is 17.2 Å². The zero-order valence-electron chi connectivity index (χ0n) is 14.4. The van der Waals surface area contributed by atoms with Gasteiger partial charge in [-0.2, -0.15) is 0 Å². The Balaban J connectivity index is 1.95. The van der Waals surface area contributed by atoms with Gasteiger partial charge in [0.1, 0.15) is 5.75 Å². The van der Waals surface area contributed by atoms with Gasteiger partial charge < -0.3 is 4.74 Å². The number of rotatable bonds is 4. The molecule has 3 nitrogen and oxygen atoms in total. The maximum atomic E-state index is 12.9. The molecule has 0 aromatic heterocycles. The predicted octanol–water partition coefficient (Wildman–Crippen LogP) is 5.11. The van der Waals surface area contributed by atoms with Crippen molar-refractivity contribution in [1.29, 1.82) is 0 Å². The number of carbonyl (C=O) groups is 1. The van der Waals surface area contributed by atoms with Crippen molar-refractivity contribution in [3.05, 3.63) is 64.1 Å². The van der Waals surface area contributed by atoms with Crippen molar-refractivity contribution in [2.75, 3.05) is 11.5 Å². The Hall–Kier alpha value is -2.11. The van der Waals surface area contributed by atoms with Crippen LogP contribution in [-0.4, -0.2) is 16.8 Å². The first kappa shape index (κ1) is 17.7. The Morgan fingerprint density at radius 3 is 2.64 bits per heavy atom. The van der Waals surface area contributed by atoms with Crippen LogP contribution in [0.1, 0.15) is 23.6 Å². The van der Waals surface area contributed by atoms with Crippen LogP contribution in [0, 0.1) is 13.8 Å². The van der Waals surface area contributed by atoms with Crippen molar-refractivity contribution in [1.82, 2.24) is 0 Å². The molecule has 2 aromatic carbocycles. The molecule has 0 radical (unpaired) electrons. The minimum absolute atomic E-state index is 0.0930. The Kier molecular flexibility index (Phi) is 5.25. The van der Waals surface area contributed by atoms with E-state index >= 15 is 0 Å². The summed E-state index contributed by atoms with van der Waals surface area (Å²) in [7, 11) is 0. The van der Waals surface area contributed by atoms with E-state index in [0.29, 0.717) is 15.8 Å². The Labute approximate surface area is 157 Å². The Morgan fingerprint density at radius 1 is 1.16 bits per heavy atom. The van der Waals surface area contributed by atoms with Gasteiger partial charge in [-0.1, -0.05) is 48.2 Å². The van der Waals surface area contributed by atoms with Crippen molar-refractivity contribution in [3.8, 4) is 5.75 Å². The Bertz CT molecular complexity index is 874. The lowest BCUT2D eigenvalue weighted by atomic mass is 10.1. The molecule has 25 heavy (non-hydrogen) atoms. The number of thiocarbonyl (C=S) groups is 1. The third-order valence-electron chi connectivity index (χ3n) is 4.05. The van der Waals surface area contributed by atoms with Crippen molar-refractivity contribution in [2.45, 2.75) is 20.8 Å². The molecule has 0 unspecified atom stereocenters. The van der Waals surface area contributed by atoms with Gasteiger partial charge >= 0.3 is 0 Å². The molecule has 1 saturated heterocycles. The first-order chi connectivity index (χ1) is 12.0. The summed E-state index contributed by atoms with van der Waals surface area (Å²) in [4.78, 5) is 15.1. The fourth-order valence-electron chi connectivity index (χ4n) is 2.58. The highest BCUT2D eigenvalue weighted by Gasteiger charge is 2.33. The van der Waals surface area contributed by atoms with Gasteiger partial charge in [-0.05, 0) is 56.2 Å². The fourth-order valence-corrected chi connectivity index (χ4v) is 3.87. The van der Waals surface area contributed by atoms with E-state index in [0.717, 1.165) is 22.6 Å². The summed E-state index contributed by atoms with van der Waals surface area (Å²) in [5, 5.41) is 0. The lowest BCUT2D eigenvalue weighted by Crippen LogP contribution is -2.27. The molecule has 1 aliphatic heterocycles. The van der Waals surface area contributed by atoms with E-state index in [9.17, 15) is 4.79 Å². The van der Waals surface area contributed by atoms with Crippen LogP contribution < -0.4 is 9.64 Å². The van der Waals surface area contributed by atoms with Gasteiger partial charge in [0, 0.05) is 5.56 Å².